The zero-order valence-electron chi connectivity index (χ0n) is 11.8. The summed E-state index contributed by atoms with van der Waals surface area (Å²) in [6.45, 7) is 9.61. The minimum absolute atomic E-state index is 0.0351. The molecule has 1 rings (SSSR count). The lowest BCUT2D eigenvalue weighted by Gasteiger charge is -2.43. The highest BCUT2D eigenvalue weighted by Crippen LogP contribution is 2.22. The molecule has 2 amide bonds. The predicted octanol–water partition coefficient (Wildman–Crippen LogP) is 0.786. The molecule has 104 valence electrons. The fourth-order valence-corrected chi connectivity index (χ4v) is 2.04. The van der Waals surface area contributed by atoms with Gasteiger partial charge in [0.1, 0.15) is 5.54 Å². The van der Waals surface area contributed by atoms with E-state index in [9.17, 15) is 9.59 Å². The lowest BCUT2D eigenvalue weighted by Crippen LogP contribution is -2.66. The molecule has 0 radical (unpaired) electrons. The zero-order valence-corrected chi connectivity index (χ0v) is 11.8. The van der Waals surface area contributed by atoms with Crippen molar-refractivity contribution in [3.8, 4) is 0 Å². The molecule has 1 saturated heterocycles. The zero-order chi connectivity index (χ0) is 13.8. The fraction of sp³-hybridized carbons (Fsp3) is 0.846. The van der Waals surface area contributed by atoms with E-state index in [1.54, 1.807) is 4.90 Å². The molecule has 1 atom stereocenters. The Bertz CT molecular complexity index is 317. The van der Waals surface area contributed by atoms with Gasteiger partial charge in [0, 0.05) is 13.2 Å². The Balaban J connectivity index is 2.58. The van der Waals surface area contributed by atoms with Crippen molar-refractivity contribution < 1.29 is 14.3 Å². The number of amides is 2. The van der Waals surface area contributed by atoms with Crippen molar-refractivity contribution >= 4 is 11.8 Å². The standard InChI is InChI=1S/C13H24N2O3/c1-5-13(4)12(17)14-8-11(16)15(13)6-7-18-9-10(2)3/h10H,5-9H2,1-4H3,(H,14,17). The number of piperazine rings is 1. The van der Waals surface area contributed by atoms with Gasteiger partial charge in [-0.1, -0.05) is 20.8 Å². The maximum atomic E-state index is 11.9. The fourth-order valence-electron chi connectivity index (χ4n) is 2.04. The summed E-state index contributed by atoms with van der Waals surface area (Å²) in [6.07, 6.45) is 0.606. The molecule has 1 unspecified atom stereocenters. The average Bonchev–Trinajstić information content (AvgIpc) is 2.32. The summed E-state index contributed by atoms with van der Waals surface area (Å²) in [5.41, 5.74) is -0.740. The summed E-state index contributed by atoms with van der Waals surface area (Å²) in [7, 11) is 0. The second-order valence-electron chi connectivity index (χ2n) is 5.32. The molecule has 0 spiro atoms. The maximum Gasteiger partial charge on any atom is 0.246 e. The van der Waals surface area contributed by atoms with E-state index in [1.807, 2.05) is 13.8 Å². The summed E-state index contributed by atoms with van der Waals surface area (Å²) in [5, 5.41) is 2.64. The van der Waals surface area contributed by atoms with Crippen LogP contribution in [0.5, 0.6) is 0 Å². The summed E-state index contributed by atoms with van der Waals surface area (Å²) < 4.78 is 5.49. The van der Waals surface area contributed by atoms with Gasteiger partial charge in [-0.2, -0.15) is 0 Å². The summed E-state index contributed by atoms with van der Waals surface area (Å²) in [5.74, 6) is 0.364. The van der Waals surface area contributed by atoms with Crippen molar-refractivity contribution in [3.63, 3.8) is 0 Å². The van der Waals surface area contributed by atoms with Gasteiger partial charge in [0.15, 0.2) is 0 Å². The van der Waals surface area contributed by atoms with E-state index < -0.39 is 5.54 Å². The van der Waals surface area contributed by atoms with E-state index in [0.717, 1.165) is 0 Å². The second-order valence-corrected chi connectivity index (χ2v) is 5.32. The third-order valence-electron chi connectivity index (χ3n) is 3.38. The molecule has 5 nitrogen and oxygen atoms in total. The Morgan fingerprint density at radius 2 is 2.11 bits per heavy atom. The molecule has 0 aromatic heterocycles. The molecule has 1 fully saturated rings. The minimum atomic E-state index is -0.740. The van der Waals surface area contributed by atoms with Crippen molar-refractivity contribution in [2.45, 2.75) is 39.7 Å². The largest absolute Gasteiger partial charge is 0.379 e. The molecule has 0 saturated carbocycles. The van der Waals surface area contributed by atoms with Gasteiger partial charge in [-0.15, -0.1) is 0 Å². The van der Waals surface area contributed by atoms with Gasteiger partial charge in [0.2, 0.25) is 11.8 Å². The molecule has 1 aliphatic rings. The Kier molecular flexibility index (Phi) is 5.14. The van der Waals surface area contributed by atoms with Crippen molar-refractivity contribution in [1.29, 1.82) is 0 Å². The summed E-state index contributed by atoms with van der Waals surface area (Å²) in [4.78, 5) is 25.4. The van der Waals surface area contributed by atoms with Crippen LogP contribution in [-0.2, 0) is 14.3 Å². The molecule has 1 heterocycles. The van der Waals surface area contributed by atoms with Crippen LogP contribution in [0, 0.1) is 5.92 Å². The molecule has 0 aromatic rings. The first-order valence-corrected chi connectivity index (χ1v) is 6.58. The average molecular weight is 256 g/mol. The van der Waals surface area contributed by atoms with Gasteiger partial charge in [-0.05, 0) is 19.3 Å². The third kappa shape index (κ3) is 3.22. The number of nitrogens with one attached hydrogen (secondary N) is 1. The van der Waals surface area contributed by atoms with Crippen LogP contribution in [0.4, 0.5) is 0 Å². The first kappa shape index (κ1) is 15.0. The summed E-state index contributed by atoms with van der Waals surface area (Å²) >= 11 is 0. The van der Waals surface area contributed by atoms with Crippen LogP contribution in [0.3, 0.4) is 0 Å². The molecular formula is C13H24N2O3. The number of rotatable bonds is 6. The van der Waals surface area contributed by atoms with Crippen LogP contribution >= 0.6 is 0 Å². The molecule has 1 aliphatic heterocycles. The van der Waals surface area contributed by atoms with E-state index in [2.05, 4.69) is 19.2 Å². The van der Waals surface area contributed by atoms with E-state index in [1.165, 1.54) is 0 Å². The number of ether oxygens (including phenoxy) is 1. The first-order valence-electron chi connectivity index (χ1n) is 6.58. The second kappa shape index (κ2) is 6.18. The quantitative estimate of drug-likeness (QED) is 0.715. The Morgan fingerprint density at radius 1 is 1.44 bits per heavy atom. The highest BCUT2D eigenvalue weighted by atomic mass is 16.5. The number of hydrogen-bond donors (Lipinski definition) is 1. The van der Waals surface area contributed by atoms with E-state index >= 15 is 0 Å². The SMILES string of the molecule is CCC1(C)C(=O)NCC(=O)N1CCOCC(C)C. The van der Waals surface area contributed by atoms with Crippen molar-refractivity contribution in [2.24, 2.45) is 5.92 Å². The lowest BCUT2D eigenvalue weighted by molar-refractivity contribution is -0.153. The third-order valence-corrected chi connectivity index (χ3v) is 3.38. The molecule has 0 bridgehead atoms. The van der Waals surface area contributed by atoms with Gasteiger partial charge in [0.05, 0.1) is 13.2 Å². The Morgan fingerprint density at radius 3 is 2.67 bits per heavy atom. The smallest absolute Gasteiger partial charge is 0.246 e. The first-order chi connectivity index (χ1) is 8.41. The monoisotopic (exact) mass is 256 g/mol. The highest BCUT2D eigenvalue weighted by molar-refractivity contribution is 5.97. The van der Waals surface area contributed by atoms with Crippen LogP contribution in [0.1, 0.15) is 34.1 Å². The van der Waals surface area contributed by atoms with Crippen LogP contribution < -0.4 is 5.32 Å². The van der Waals surface area contributed by atoms with Crippen molar-refractivity contribution in [1.82, 2.24) is 10.2 Å². The van der Waals surface area contributed by atoms with Crippen LogP contribution in [0.15, 0.2) is 0 Å². The molecular weight excluding hydrogens is 232 g/mol. The van der Waals surface area contributed by atoms with E-state index in [0.29, 0.717) is 32.1 Å². The van der Waals surface area contributed by atoms with Gasteiger partial charge >= 0.3 is 0 Å². The van der Waals surface area contributed by atoms with Gasteiger partial charge in [-0.25, -0.2) is 0 Å². The maximum absolute atomic E-state index is 11.9. The van der Waals surface area contributed by atoms with Crippen LogP contribution in [0.25, 0.3) is 0 Å². The lowest BCUT2D eigenvalue weighted by atomic mass is 9.93. The molecule has 0 aromatic carbocycles. The number of carbonyl (C=O) groups is 2. The van der Waals surface area contributed by atoms with Crippen LogP contribution in [-0.4, -0.2) is 48.6 Å². The normalized spacial score (nSPS) is 24.6. The van der Waals surface area contributed by atoms with E-state index in [4.69, 9.17) is 4.74 Å². The van der Waals surface area contributed by atoms with E-state index in [-0.39, 0.29) is 18.4 Å². The Labute approximate surface area is 109 Å². The van der Waals surface area contributed by atoms with Crippen molar-refractivity contribution in [3.05, 3.63) is 0 Å². The van der Waals surface area contributed by atoms with Gasteiger partial charge in [-0.3, -0.25) is 9.59 Å². The number of carbonyl (C=O) groups excluding carboxylic acids is 2. The van der Waals surface area contributed by atoms with Gasteiger partial charge in [0.25, 0.3) is 0 Å². The number of hydrogen-bond acceptors (Lipinski definition) is 3. The van der Waals surface area contributed by atoms with Crippen molar-refractivity contribution in [2.75, 3.05) is 26.3 Å². The minimum Gasteiger partial charge on any atom is -0.379 e. The highest BCUT2D eigenvalue weighted by Gasteiger charge is 2.43. The Hall–Kier alpha value is -1.10. The molecule has 0 aliphatic carbocycles. The predicted molar refractivity (Wildman–Crippen MR) is 69.1 cm³/mol. The molecule has 18 heavy (non-hydrogen) atoms. The molecule has 5 heteroatoms. The van der Waals surface area contributed by atoms with Crippen LogP contribution in [0.2, 0.25) is 0 Å². The summed E-state index contributed by atoms with van der Waals surface area (Å²) in [6, 6.07) is 0. The van der Waals surface area contributed by atoms with Gasteiger partial charge < -0.3 is 15.0 Å². The molecule has 1 N–H and O–H groups in total. The topological polar surface area (TPSA) is 58.6 Å². The number of nitrogens with zero attached hydrogens (tertiary/aromatic N) is 1.